The lowest BCUT2D eigenvalue weighted by Gasteiger charge is -2.29. The Balaban J connectivity index is 2.62. The molecule has 0 radical (unpaired) electrons. The maximum atomic E-state index is 9.87. The van der Waals surface area contributed by atoms with Gasteiger partial charge in [-0.15, -0.1) is 0 Å². The van der Waals surface area contributed by atoms with Crippen LogP contribution in [0.1, 0.15) is 19.4 Å². The lowest BCUT2D eigenvalue weighted by molar-refractivity contribution is -0.243. The maximum absolute atomic E-state index is 9.87. The average molecular weight is 215 g/mol. The molecule has 0 spiro atoms. The van der Waals surface area contributed by atoms with Gasteiger partial charge in [0.2, 0.25) is 5.79 Å². The Morgan fingerprint density at radius 1 is 1.29 bits per heavy atom. The smallest absolute Gasteiger partial charge is 0.234 e. The number of rotatable bonds is 0. The van der Waals surface area contributed by atoms with E-state index in [-0.39, 0.29) is 0 Å². The molecule has 1 aromatic carbocycles. The number of halogens is 1. The highest BCUT2D eigenvalue weighted by atomic mass is 35.5. The summed E-state index contributed by atoms with van der Waals surface area (Å²) in [6.07, 6.45) is 0. The van der Waals surface area contributed by atoms with Gasteiger partial charge < -0.3 is 14.9 Å². The summed E-state index contributed by atoms with van der Waals surface area (Å²) in [5, 5.41) is 20.2. The molecule has 0 aromatic heterocycles. The van der Waals surface area contributed by atoms with Crippen molar-refractivity contribution in [3.8, 4) is 5.75 Å². The molecule has 1 heterocycles. The Labute approximate surface area is 86.9 Å². The second kappa shape index (κ2) is 2.63. The van der Waals surface area contributed by atoms with Gasteiger partial charge in [0.25, 0.3) is 0 Å². The highest BCUT2D eigenvalue weighted by Gasteiger charge is 2.53. The van der Waals surface area contributed by atoms with Crippen LogP contribution in [0.2, 0.25) is 5.02 Å². The van der Waals surface area contributed by atoms with Crippen molar-refractivity contribution >= 4 is 11.6 Å². The number of ether oxygens (including phenoxy) is 1. The number of benzene rings is 1. The summed E-state index contributed by atoms with van der Waals surface area (Å²) >= 11 is 5.77. The summed E-state index contributed by atoms with van der Waals surface area (Å²) in [5.41, 5.74) is -0.741. The van der Waals surface area contributed by atoms with Crippen LogP contribution < -0.4 is 4.74 Å². The Morgan fingerprint density at radius 2 is 1.93 bits per heavy atom. The van der Waals surface area contributed by atoms with Gasteiger partial charge in [-0.05, 0) is 32.0 Å². The van der Waals surface area contributed by atoms with Crippen molar-refractivity contribution in [2.75, 3.05) is 0 Å². The molecule has 3 nitrogen and oxygen atoms in total. The Bertz CT molecular complexity index is 385. The molecular weight excluding hydrogens is 204 g/mol. The van der Waals surface area contributed by atoms with Gasteiger partial charge in [0.15, 0.2) is 5.60 Å². The standard InChI is InChI=1S/C10H11ClO3/c1-9(2)10(12,13)7-5-6(11)3-4-8(7)14-9/h3-5,12-13H,1-2H3. The van der Waals surface area contributed by atoms with Crippen molar-refractivity contribution in [3.05, 3.63) is 28.8 Å². The summed E-state index contributed by atoms with van der Waals surface area (Å²) in [5.74, 6) is -1.53. The molecule has 0 saturated carbocycles. The van der Waals surface area contributed by atoms with Crippen molar-refractivity contribution < 1.29 is 14.9 Å². The molecular formula is C10H11ClO3. The molecule has 0 saturated heterocycles. The van der Waals surface area contributed by atoms with E-state index in [0.29, 0.717) is 16.3 Å². The Morgan fingerprint density at radius 3 is 2.57 bits per heavy atom. The molecule has 76 valence electrons. The zero-order chi connectivity index (χ0) is 10.6. The first kappa shape index (κ1) is 9.77. The summed E-state index contributed by atoms with van der Waals surface area (Å²) in [4.78, 5) is 0. The first-order chi connectivity index (χ1) is 6.34. The normalized spacial score (nSPS) is 21.5. The van der Waals surface area contributed by atoms with Crippen LogP contribution in [-0.2, 0) is 5.79 Å². The number of aliphatic hydroxyl groups is 2. The van der Waals surface area contributed by atoms with E-state index in [0.717, 1.165) is 0 Å². The van der Waals surface area contributed by atoms with Gasteiger partial charge in [-0.3, -0.25) is 0 Å². The minimum absolute atomic E-state index is 0.315. The number of fused-ring (bicyclic) bond motifs is 1. The topological polar surface area (TPSA) is 49.7 Å². The highest BCUT2D eigenvalue weighted by Crippen LogP contribution is 2.46. The van der Waals surface area contributed by atoms with Crippen LogP contribution in [0.15, 0.2) is 18.2 Å². The monoisotopic (exact) mass is 214 g/mol. The fourth-order valence-electron chi connectivity index (χ4n) is 1.53. The summed E-state index contributed by atoms with van der Waals surface area (Å²) in [7, 11) is 0. The predicted octanol–water partition coefficient (Wildman–Crippen LogP) is 1.65. The average Bonchev–Trinajstić information content (AvgIpc) is 2.22. The molecule has 1 aliphatic heterocycles. The van der Waals surface area contributed by atoms with Crippen LogP contribution in [0, 0.1) is 0 Å². The number of hydrogen-bond donors (Lipinski definition) is 2. The lowest BCUT2D eigenvalue weighted by atomic mass is 9.93. The molecule has 0 aliphatic carbocycles. The minimum Gasteiger partial charge on any atom is -0.481 e. The molecule has 2 rings (SSSR count). The first-order valence-corrected chi connectivity index (χ1v) is 4.66. The van der Waals surface area contributed by atoms with Crippen LogP contribution in [-0.4, -0.2) is 15.8 Å². The zero-order valence-electron chi connectivity index (χ0n) is 7.91. The van der Waals surface area contributed by atoms with Crippen molar-refractivity contribution in [2.24, 2.45) is 0 Å². The molecule has 1 aromatic rings. The SMILES string of the molecule is CC1(C)Oc2ccc(Cl)cc2C1(O)O. The number of hydrogen-bond acceptors (Lipinski definition) is 3. The van der Waals surface area contributed by atoms with Gasteiger partial charge >= 0.3 is 0 Å². The van der Waals surface area contributed by atoms with Gasteiger partial charge in [0.05, 0.1) is 5.56 Å². The lowest BCUT2D eigenvalue weighted by Crippen LogP contribution is -2.46. The van der Waals surface area contributed by atoms with Crippen LogP contribution in [0.25, 0.3) is 0 Å². The summed E-state index contributed by atoms with van der Waals surface area (Å²) in [6, 6.07) is 4.79. The van der Waals surface area contributed by atoms with Crippen molar-refractivity contribution in [2.45, 2.75) is 25.2 Å². The van der Waals surface area contributed by atoms with Crippen LogP contribution in [0.5, 0.6) is 5.75 Å². The maximum Gasteiger partial charge on any atom is 0.234 e. The Kier molecular flexibility index (Phi) is 1.83. The molecule has 4 heteroatoms. The largest absolute Gasteiger partial charge is 0.481 e. The summed E-state index contributed by atoms with van der Waals surface area (Å²) in [6.45, 7) is 3.22. The zero-order valence-corrected chi connectivity index (χ0v) is 8.67. The van der Waals surface area contributed by atoms with Gasteiger partial charge in [-0.1, -0.05) is 11.6 Å². The van der Waals surface area contributed by atoms with E-state index in [1.807, 2.05) is 0 Å². The third kappa shape index (κ3) is 1.13. The van der Waals surface area contributed by atoms with E-state index in [2.05, 4.69) is 0 Å². The van der Waals surface area contributed by atoms with E-state index in [1.54, 1.807) is 26.0 Å². The summed E-state index contributed by atoms with van der Waals surface area (Å²) < 4.78 is 5.41. The van der Waals surface area contributed by atoms with Gasteiger partial charge in [0, 0.05) is 5.02 Å². The second-order valence-electron chi connectivity index (χ2n) is 3.93. The van der Waals surface area contributed by atoms with Crippen LogP contribution >= 0.6 is 11.6 Å². The van der Waals surface area contributed by atoms with Crippen LogP contribution in [0.4, 0.5) is 0 Å². The van der Waals surface area contributed by atoms with Gasteiger partial charge in [-0.25, -0.2) is 0 Å². The quantitative estimate of drug-likeness (QED) is 0.646. The fraction of sp³-hybridized carbons (Fsp3) is 0.400. The van der Waals surface area contributed by atoms with Crippen LogP contribution in [0.3, 0.4) is 0 Å². The van der Waals surface area contributed by atoms with Crippen molar-refractivity contribution in [1.29, 1.82) is 0 Å². The van der Waals surface area contributed by atoms with E-state index < -0.39 is 11.4 Å². The van der Waals surface area contributed by atoms with Crippen molar-refractivity contribution in [3.63, 3.8) is 0 Å². The highest BCUT2D eigenvalue weighted by molar-refractivity contribution is 6.30. The van der Waals surface area contributed by atoms with Gasteiger partial charge in [0.1, 0.15) is 5.75 Å². The minimum atomic E-state index is -1.99. The molecule has 0 atom stereocenters. The Hall–Kier alpha value is -0.770. The second-order valence-corrected chi connectivity index (χ2v) is 4.36. The van der Waals surface area contributed by atoms with E-state index in [1.165, 1.54) is 6.07 Å². The third-order valence-electron chi connectivity index (χ3n) is 2.52. The molecule has 0 amide bonds. The third-order valence-corrected chi connectivity index (χ3v) is 2.76. The van der Waals surface area contributed by atoms with Crippen molar-refractivity contribution in [1.82, 2.24) is 0 Å². The molecule has 0 unspecified atom stereocenters. The first-order valence-electron chi connectivity index (χ1n) is 4.28. The molecule has 14 heavy (non-hydrogen) atoms. The fourth-order valence-corrected chi connectivity index (χ4v) is 1.71. The molecule has 0 fully saturated rings. The molecule has 1 aliphatic rings. The molecule has 0 bridgehead atoms. The van der Waals surface area contributed by atoms with E-state index in [4.69, 9.17) is 16.3 Å². The molecule has 2 N–H and O–H groups in total. The van der Waals surface area contributed by atoms with E-state index in [9.17, 15) is 10.2 Å². The van der Waals surface area contributed by atoms with E-state index >= 15 is 0 Å². The predicted molar refractivity (Wildman–Crippen MR) is 52.3 cm³/mol. The van der Waals surface area contributed by atoms with Gasteiger partial charge in [-0.2, -0.15) is 0 Å².